The van der Waals surface area contributed by atoms with Gasteiger partial charge >= 0.3 is 0 Å². The monoisotopic (exact) mass is 274 g/mol. The predicted octanol–water partition coefficient (Wildman–Crippen LogP) is 3.55. The summed E-state index contributed by atoms with van der Waals surface area (Å²) in [4.78, 5) is 0. The molecule has 3 heteroatoms. The van der Waals surface area contributed by atoms with E-state index in [1.807, 2.05) is 6.07 Å². The fraction of sp³-hybridized carbons (Fsp3) is 0.647. The molecule has 0 saturated heterocycles. The third-order valence-electron chi connectivity index (χ3n) is 6.05. The van der Waals surface area contributed by atoms with Crippen LogP contribution in [0.1, 0.15) is 50.1 Å². The Balaban J connectivity index is 1.70. The van der Waals surface area contributed by atoms with Crippen LogP contribution in [0, 0.1) is 29.0 Å². The quantitative estimate of drug-likeness (QED) is 0.653. The maximum atomic E-state index is 13.6. The maximum absolute atomic E-state index is 13.6. The lowest BCUT2D eigenvalue weighted by atomic mass is 9.47. The number of hydrazine groups is 1. The molecule has 4 aliphatic rings. The molecule has 0 amide bonds. The van der Waals surface area contributed by atoms with Crippen molar-refractivity contribution in [2.24, 2.45) is 29.0 Å². The molecule has 0 radical (unpaired) electrons. The number of hydrogen-bond acceptors (Lipinski definition) is 2. The average molecular weight is 274 g/mol. The molecular weight excluding hydrogens is 251 g/mol. The van der Waals surface area contributed by atoms with E-state index < -0.39 is 0 Å². The normalized spacial score (nSPS) is 40.0. The summed E-state index contributed by atoms with van der Waals surface area (Å²) in [5.74, 6) is 8.38. The molecule has 1 aromatic rings. The first-order valence-corrected chi connectivity index (χ1v) is 7.90. The van der Waals surface area contributed by atoms with E-state index in [-0.39, 0.29) is 17.3 Å². The van der Waals surface area contributed by atoms with Gasteiger partial charge in [0.25, 0.3) is 0 Å². The van der Waals surface area contributed by atoms with E-state index in [9.17, 15) is 4.39 Å². The summed E-state index contributed by atoms with van der Waals surface area (Å²) >= 11 is 0. The third-order valence-corrected chi connectivity index (χ3v) is 6.05. The number of nitrogens with one attached hydrogen (secondary N) is 1. The highest BCUT2D eigenvalue weighted by molar-refractivity contribution is 5.24. The van der Waals surface area contributed by atoms with Crippen molar-refractivity contribution in [1.82, 2.24) is 5.43 Å². The van der Waals surface area contributed by atoms with E-state index in [4.69, 9.17) is 5.84 Å². The molecule has 4 bridgehead atoms. The van der Waals surface area contributed by atoms with Crippen molar-refractivity contribution >= 4 is 0 Å². The Labute approximate surface area is 119 Å². The van der Waals surface area contributed by atoms with Crippen LogP contribution in [-0.2, 0) is 0 Å². The fourth-order valence-corrected chi connectivity index (χ4v) is 5.84. The van der Waals surface area contributed by atoms with Gasteiger partial charge in [0.2, 0.25) is 0 Å². The minimum Gasteiger partial charge on any atom is -0.271 e. The lowest BCUT2D eigenvalue weighted by molar-refractivity contribution is -0.0749. The second kappa shape index (κ2) is 4.54. The van der Waals surface area contributed by atoms with E-state index >= 15 is 0 Å². The van der Waals surface area contributed by atoms with Crippen LogP contribution in [0.3, 0.4) is 0 Å². The van der Waals surface area contributed by atoms with Gasteiger partial charge < -0.3 is 0 Å². The summed E-state index contributed by atoms with van der Waals surface area (Å²) in [6, 6.07) is 7.09. The Kier molecular flexibility index (Phi) is 2.90. The SMILES string of the molecule is NNC(c1cccc(F)c1)C12CC3CC(CC(C3)C1)C2. The van der Waals surface area contributed by atoms with Gasteiger partial charge in [-0.3, -0.25) is 11.3 Å². The number of benzene rings is 1. The number of nitrogens with two attached hydrogens (primary N) is 1. The van der Waals surface area contributed by atoms with Crippen molar-refractivity contribution in [3.63, 3.8) is 0 Å². The molecule has 1 aromatic carbocycles. The molecule has 4 saturated carbocycles. The Morgan fingerprint density at radius 1 is 1.10 bits per heavy atom. The van der Waals surface area contributed by atoms with Gasteiger partial charge in [-0.2, -0.15) is 0 Å². The summed E-state index contributed by atoms with van der Waals surface area (Å²) < 4.78 is 13.6. The summed E-state index contributed by atoms with van der Waals surface area (Å²) in [7, 11) is 0. The lowest BCUT2D eigenvalue weighted by Crippen LogP contribution is -2.53. The largest absolute Gasteiger partial charge is 0.271 e. The molecule has 20 heavy (non-hydrogen) atoms. The number of halogens is 1. The molecule has 1 unspecified atom stereocenters. The van der Waals surface area contributed by atoms with Crippen LogP contribution in [0.4, 0.5) is 4.39 Å². The second-order valence-corrected chi connectivity index (χ2v) is 7.43. The minimum atomic E-state index is -0.160. The summed E-state index contributed by atoms with van der Waals surface area (Å²) in [6.45, 7) is 0. The second-order valence-electron chi connectivity index (χ2n) is 7.43. The number of hydrogen-bond donors (Lipinski definition) is 2. The Hall–Kier alpha value is -0.930. The van der Waals surface area contributed by atoms with E-state index in [0.29, 0.717) is 0 Å². The average Bonchev–Trinajstić information content (AvgIpc) is 2.37. The van der Waals surface area contributed by atoms with Gasteiger partial charge in [0, 0.05) is 0 Å². The maximum Gasteiger partial charge on any atom is 0.123 e. The first-order valence-electron chi connectivity index (χ1n) is 7.90. The van der Waals surface area contributed by atoms with Gasteiger partial charge in [0.05, 0.1) is 6.04 Å². The molecule has 1 atom stereocenters. The fourth-order valence-electron chi connectivity index (χ4n) is 5.84. The van der Waals surface area contributed by atoms with Crippen LogP contribution in [0.5, 0.6) is 0 Å². The predicted molar refractivity (Wildman–Crippen MR) is 77.1 cm³/mol. The number of rotatable bonds is 3. The zero-order chi connectivity index (χ0) is 13.7. The molecule has 0 heterocycles. The summed E-state index contributed by atoms with van der Waals surface area (Å²) in [5.41, 5.74) is 4.32. The van der Waals surface area contributed by atoms with Crippen molar-refractivity contribution in [3.05, 3.63) is 35.6 Å². The molecule has 0 aromatic heterocycles. The summed E-state index contributed by atoms with van der Waals surface area (Å²) in [6.07, 6.45) is 8.05. The minimum absolute atomic E-state index is 0.103. The van der Waals surface area contributed by atoms with E-state index in [0.717, 1.165) is 23.3 Å². The Morgan fingerprint density at radius 2 is 1.70 bits per heavy atom. The topological polar surface area (TPSA) is 38.0 Å². The zero-order valence-electron chi connectivity index (χ0n) is 11.8. The van der Waals surface area contributed by atoms with Crippen molar-refractivity contribution < 1.29 is 4.39 Å². The van der Waals surface area contributed by atoms with Crippen molar-refractivity contribution in [1.29, 1.82) is 0 Å². The highest BCUT2D eigenvalue weighted by atomic mass is 19.1. The van der Waals surface area contributed by atoms with Gasteiger partial charge in [-0.05, 0) is 79.4 Å². The third kappa shape index (κ3) is 1.91. The first-order chi connectivity index (χ1) is 9.68. The van der Waals surface area contributed by atoms with Gasteiger partial charge in [-0.25, -0.2) is 4.39 Å². The molecule has 4 fully saturated rings. The van der Waals surface area contributed by atoms with E-state index in [1.54, 1.807) is 12.1 Å². The molecule has 5 rings (SSSR count). The molecule has 0 aliphatic heterocycles. The lowest BCUT2D eigenvalue weighted by Gasteiger charge is -2.59. The van der Waals surface area contributed by atoms with Crippen LogP contribution in [0.2, 0.25) is 0 Å². The molecule has 0 spiro atoms. The standard InChI is InChI=1S/C17H23FN2/c18-15-3-1-2-14(7-15)16(20-19)17-8-11-4-12(9-17)6-13(5-11)10-17/h1-3,7,11-13,16,20H,4-6,8-10,19H2. The highest BCUT2D eigenvalue weighted by Gasteiger charge is 2.54. The van der Waals surface area contributed by atoms with Gasteiger partial charge in [0.1, 0.15) is 5.82 Å². The van der Waals surface area contributed by atoms with Gasteiger partial charge in [-0.1, -0.05) is 12.1 Å². The van der Waals surface area contributed by atoms with Crippen molar-refractivity contribution in [2.45, 2.75) is 44.6 Å². The van der Waals surface area contributed by atoms with Gasteiger partial charge in [-0.15, -0.1) is 0 Å². The first kappa shape index (κ1) is 12.8. The molecule has 108 valence electrons. The summed E-state index contributed by atoms with van der Waals surface area (Å²) in [5, 5.41) is 0. The highest BCUT2D eigenvalue weighted by Crippen LogP contribution is 2.63. The Morgan fingerprint density at radius 3 is 2.20 bits per heavy atom. The van der Waals surface area contributed by atoms with Crippen LogP contribution in [-0.4, -0.2) is 0 Å². The van der Waals surface area contributed by atoms with Crippen LogP contribution in [0.15, 0.2) is 24.3 Å². The van der Waals surface area contributed by atoms with Gasteiger partial charge in [0.15, 0.2) is 0 Å². The zero-order valence-corrected chi connectivity index (χ0v) is 11.8. The molecule has 3 N–H and O–H groups in total. The van der Waals surface area contributed by atoms with Crippen LogP contribution < -0.4 is 11.3 Å². The van der Waals surface area contributed by atoms with Crippen molar-refractivity contribution in [3.8, 4) is 0 Å². The van der Waals surface area contributed by atoms with Crippen LogP contribution >= 0.6 is 0 Å². The van der Waals surface area contributed by atoms with E-state index in [1.165, 1.54) is 44.6 Å². The smallest absolute Gasteiger partial charge is 0.123 e. The molecule has 2 nitrogen and oxygen atoms in total. The molecular formula is C17H23FN2. The Bertz CT molecular complexity index is 478. The van der Waals surface area contributed by atoms with Crippen molar-refractivity contribution in [2.75, 3.05) is 0 Å². The van der Waals surface area contributed by atoms with Crippen LogP contribution in [0.25, 0.3) is 0 Å². The molecule has 4 aliphatic carbocycles. The van der Waals surface area contributed by atoms with E-state index in [2.05, 4.69) is 5.43 Å².